The number of carbonyl (C=O) groups is 2. The molecule has 2 amide bonds. The van der Waals surface area contributed by atoms with E-state index < -0.39 is 10.0 Å². The molecule has 0 bridgehead atoms. The van der Waals surface area contributed by atoms with E-state index in [0.717, 1.165) is 24.4 Å². The van der Waals surface area contributed by atoms with Crippen LogP contribution in [0, 0.1) is 0 Å². The molecule has 2 aliphatic heterocycles. The summed E-state index contributed by atoms with van der Waals surface area (Å²) in [6, 6.07) is 3.39. The number of morpholine rings is 1. The maximum absolute atomic E-state index is 13.3. The lowest BCUT2D eigenvalue weighted by Gasteiger charge is -2.39. The van der Waals surface area contributed by atoms with Gasteiger partial charge in [-0.2, -0.15) is 4.31 Å². The molecule has 1 aromatic rings. The highest BCUT2D eigenvalue weighted by molar-refractivity contribution is 7.89. The van der Waals surface area contributed by atoms with Crippen molar-refractivity contribution in [1.82, 2.24) is 19.4 Å². The number of ether oxygens (including phenoxy) is 1. The van der Waals surface area contributed by atoms with E-state index in [9.17, 15) is 18.0 Å². The van der Waals surface area contributed by atoms with Gasteiger partial charge in [0.15, 0.2) is 0 Å². The lowest BCUT2D eigenvalue weighted by Crippen LogP contribution is -2.54. The second-order valence-electron chi connectivity index (χ2n) is 8.57. The zero-order valence-electron chi connectivity index (χ0n) is 19.2. The SMILES string of the molecule is CC(C)N1CCC(N(CC(=O)N2CCOCC2)S(=O)(=O)CCNC(=O)c2ccc(Cl)s2)CC1. The molecule has 0 aliphatic carbocycles. The zero-order valence-corrected chi connectivity index (χ0v) is 21.6. The molecular formula is C21H33ClN4O5S2. The summed E-state index contributed by atoms with van der Waals surface area (Å²) < 4.78 is 33.8. The number of halogens is 1. The van der Waals surface area contributed by atoms with E-state index in [2.05, 4.69) is 24.1 Å². The second-order valence-corrected chi connectivity index (χ2v) is 12.3. The number of rotatable bonds is 9. The lowest BCUT2D eigenvalue weighted by atomic mass is 10.0. The highest BCUT2D eigenvalue weighted by Gasteiger charge is 2.35. The molecule has 0 spiro atoms. The summed E-state index contributed by atoms with van der Waals surface area (Å²) in [6.07, 6.45) is 1.35. The van der Waals surface area contributed by atoms with Crippen molar-refractivity contribution in [3.05, 3.63) is 21.3 Å². The first-order valence-corrected chi connectivity index (χ1v) is 14.1. The van der Waals surface area contributed by atoms with Crippen LogP contribution in [0.3, 0.4) is 0 Å². The molecule has 0 aromatic carbocycles. The zero-order chi connectivity index (χ0) is 24.0. The van der Waals surface area contributed by atoms with Crippen LogP contribution in [0.1, 0.15) is 36.4 Å². The molecule has 3 rings (SSSR count). The van der Waals surface area contributed by atoms with E-state index >= 15 is 0 Å². The topological polar surface area (TPSA) is 99.3 Å². The third-order valence-corrected chi connectivity index (χ3v) is 9.18. The minimum absolute atomic E-state index is 0.0379. The number of hydrogen-bond acceptors (Lipinski definition) is 7. The van der Waals surface area contributed by atoms with Crippen molar-refractivity contribution < 1.29 is 22.7 Å². The molecule has 12 heteroatoms. The van der Waals surface area contributed by atoms with Crippen molar-refractivity contribution in [1.29, 1.82) is 0 Å². The summed E-state index contributed by atoms with van der Waals surface area (Å²) in [6.45, 7) is 7.48. The number of amides is 2. The fraction of sp³-hybridized carbons (Fsp3) is 0.714. The maximum Gasteiger partial charge on any atom is 0.261 e. The van der Waals surface area contributed by atoms with E-state index in [1.54, 1.807) is 17.0 Å². The highest BCUT2D eigenvalue weighted by Crippen LogP contribution is 2.23. The minimum atomic E-state index is -3.77. The Labute approximate surface area is 205 Å². The van der Waals surface area contributed by atoms with Gasteiger partial charge in [-0.15, -0.1) is 11.3 Å². The van der Waals surface area contributed by atoms with Crippen LogP contribution in [0.4, 0.5) is 0 Å². The first-order valence-electron chi connectivity index (χ1n) is 11.3. The van der Waals surface area contributed by atoms with E-state index in [-0.39, 0.29) is 36.7 Å². The molecule has 3 heterocycles. The highest BCUT2D eigenvalue weighted by atomic mass is 35.5. The van der Waals surface area contributed by atoms with Crippen LogP contribution in [0.5, 0.6) is 0 Å². The van der Waals surface area contributed by atoms with Crippen molar-refractivity contribution in [3.63, 3.8) is 0 Å². The predicted molar refractivity (Wildman–Crippen MR) is 129 cm³/mol. The summed E-state index contributed by atoms with van der Waals surface area (Å²) in [7, 11) is -3.77. The normalized spacial score (nSPS) is 18.8. The molecule has 2 saturated heterocycles. The molecule has 0 radical (unpaired) electrons. The molecule has 1 N–H and O–H groups in total. The van der Waals surface area contributed by atoms with Crippen LogP contribution in [-0.2, 0) is 19.6 Å². The molecule has 1 aromatic heterocycles. The van der Waals surface area contributed by atoms with Crippen LogP contribution in [0.15, 0.2) is 12.1 Å². The summed E-state index contributed by atoms with van der Waals surface area (Å²) in [5.74, 6) is -0.827. The third-order valence-electron chi connectivity index (χ3n) is 6.09. The second kappa shape index (κ2) is 11.9. The van der Waals surface area contributed by atoms with Crippen LogP contribution in [-0.4, -0.2) is 105 Å². The fourth-order valence-corrected chi connectivity index (χ4v) is 6.65. The Morgan fingerprint density at radius 1 is 1.21 bits per heavy atom. The molecule has 0 unspecified atom stereocenters. The largest absolute Gasteiger partial charge is 0.378 e. The third kappa shape index (κ3) is 7.37. The molecular weight excluding hydrogens is 488 g/mol. The Morgan fingerprint density at radius 2 is 1.88 bits per heavy atom. The summed E-state index contributed by atoms with van der Waals surface area (Å²) in [5, 5.41) is 2.65. The van der Waals surface area contributed by atoms with E-state index in [4.69, 9.17) is 16.3 Å². The average molecular weight is 521 g/mol. The summed E-state index contributed by atoms with van der Waals surface area (Å²) in [4.78, 5) is 29.6. The lowest BCUT2D eigenvalue weighted by molar-refractivity contribution is -0.135. The summed E-state index contributed by atoms with van der Waals surface area (Å²) in [5.41, 5.74) is 0. The van der Waals surface area contributed by atoms with Crippen molar-refractivity contribution in [2.24, 2.45) is 0 Å². The fourth-order valence-electron chi connectivity index (χ4n) is 4.13. The van der Waals surface area contributed by atoms with Gasteiger partial charge in [0.2, 0.25) is 15.9 Å². The minimum Gasteiger partial charge on any atom is -0.378 e. The van der Waals surface area contributed by atoms with Gasteiger partial charge in [-0.05, 0) is 51.9 Å². The van der Waals surface area contributed by atoms with Gasteiger partial charge >= 0.3 is 0 Å². The van der Waals surface area contributed by atoms with Crippen LogP contribution in [0.2, 0.25) is 4.34 Å². The van der Waals surface area contributed by atoms with Gasteiger partial charge in [0, 0.05) is 31.7 Å². The standard InChI is InChI=1S/C21H33ClN4O5S2/c1-16(2)24-8-5-17(6-9-24)26(15-20(27)25-10-12-31-13-11-25)33(29,30)14-7-23-21(28)18-3-4-19(22)32-18/h3-4,16-17H,5-15H2,1-2H3,(H,23,28). The number of likely N-dealkylation sites (tertiary alicyclic amines) is 1. The molecule has 0 saturated carbocycles. The van der Waals surface area contributed by atoms with Crippen molar-refractivity contribution in [2.45, 2.75) is 38.8 Å². The van der Waals surface area contributed by atoms with Crippen molar-refractivity contribution >= 4 is 44.8 Å². The molecule has 9 nitrogen and oxygen atoms in total. The molecule has 186 valence electrons. The Morgan fingerprint density at radius 3 is 2.45 bits per heavy atom. The Hall–Kier alpha value is -1.24. The summed E-state index contributed by atoms with van der Waals surface area (Å²) >= 11 is 7.01. The van der Waals surface area contributed by atoms with Gasteiger partial charge < -0.3 is 19.9 Å². The average Bonchev–Trinajstić information content (AvgIpc) is 3.24. The number of nitrogens with zero attached hydrogens (tertiary/aromatic N) is 3. The maximum atomic E-state index is 13.3. The molecule has 33 heavy (non-hydrogen) atoms. The Balaban J connectivity index is 1.65. The van der Waals surface area contributed by atoms with Crippen molar-refractivity contribution in [3.8, 4) is 0 Å². The molecule has 0 atom stereocenters. The molecule has 2 fully saturated rings. The van der Waals surface area contributed by atoms with Gasteiger partial charge in [-0.1, -0.05) is 11.6 Å². The number of hydrogen-bond donors (Lipinski definition) is 1. The van der Waals surface area contributed by atoms with Gasteiger partial charge in [-0.3, -0.25) is 9.59 Å². The van der Waals surface area contributed by atoms with Crippen molar-refractivity contribution in [2.75, 3.05) is 58.2 Å². The predicted octanol–water partition coefficient (Wildman–Crippen LogP) is 1.49. The number of thiophene rings is 1. The number of sulfonamides is 1. The van der Waals surface area contributed by atoms with E-state index in [0.29, 0.717) is 54.4 Å². The first kappa shape index (κ1) is 26.4. The van der Waals surface area contributed by atoms with E-state index in [1.807, 2.05) is 0 Å². The van der Waals surface area contributed by atoms with E-state index in [1.165, 1.54) is 4.31 Å². The quantitative estimate of drug-likeness (QED) is 0.529. The van der Waals surface area contributed by atoms with Gasteiger partial charge in [0.05, 0.1) is 34.7 Å². The monoisotopic (exact) mass is 520 g/mol. The van der Waals surface area contributed by atoms with Gasteiger partial charge in [0.25, 0.3) is 5.91 Å². The smallest absolute Gasteiger partial charge is 0.261 e. The Kier molecular flexibility index (Phi) is 9.54. The Bertz CT molecular complexity index is 910. The van der Waals surface area contributed by atoms with Gasteiger partial charge in [-0.25, -0.2) is 8.42 Å². The van der Waals surface area contributed by atoms with Crippen LogP contribution < -0.4 is 5.32 Å². The van der Waals surface area contributed by atoms with Crippen LogP contribution in [0.25, 0.3) is 0 Å². The van der Waals surface area contributed by atoms with Gasteiger partial charge in [0.1, 0.15) is 0 Å². The number of nitrogens with one attached hydrogen (secondary N) is 1. The number of carbonyl (C=O) groups excluding carboxylic acids is 2. The molecule has 2 aliphatic rings. The van der Waals surface area contributed by atoms with Crippen LogP contribution >= 0.6 is 22.9 Å². The number of piperidine rings is 1. The first-order chi connectivity index (χ1) is 15.7.